The molecule has 1 rings (SSSR count). The number of aromatic nitrogens is 2. The molecule has 1 aromatic heterocycles. The monoisotopic (exact) mass is 251 g/mol. The Bertz CT molecular complexity index is 342. The van der Waals surface area contributed by atoms with Crippen LogP contribution in [0.5, 0.6) is 5.88 Å². The summed E-state index contributed by atoms with van der Waals surface area (Å²) in [4.78, 5) is 8.67. The zero-order chi connectivity index (χ0) is 13.4. The number of hydrogen-bond donors (Lipinski definition) is 1. The summed E-state index contributed by atoms with van der Waals surface area (Å²) in [6.07, 6.45) is 6.77. The number of nitrogens with one attached hydrogen (secondary N) is 1. The first kappa shape index (κ1) is 14.9. The van der Waals surface area contributed by atoms with Gasteiger partial charge in [-0.2, -0.15) is 0 Å². The molecule has 1 aromatic rings. The number of nitrogens with zero attached hydrogens (tertiary/aromatic N) is 2. The van der Waals surface area contributed by atoms with E-state index in [0.29, 0.717) is 11.9 Å². The van der Waals surface area contributed by atoms with Crippen LogP contribution in [-0.2, 0) is 6.42 Å². The highest BCUT2D eigenvalue weighted by atomic mass is 16.5. The predicted molar refractivity (Wildman–Crippen MR) is 73.9 cm³/mol. The van der Waals surface area contributed by atoms with Crippen LogP contribution in [0.2, 0.25) is 0 Å². The molecule has 0 amide bonds. The normalized spacial score (nSPS) is 12.7. The minimum absolute atomic E-state index is 0.134. The van der Waals surface area contributed by atoms with E-state index in [1.807, 2.05) is 20.0 Å². The first-order chi connectivity index (χ1) is 8.65. The summed E-state index contributed by atoms with van der Waals surface area (Å²) in [5.41, 5.74) is 0.989. The Morgan fingerprint density at radius 2 is 2.06 bits per heavy atom. The highest BCUT2D eigenvalue weighted by Crippen LogP contribution is 2.10. The molecule has 1 heterocycles. The van der Waals surface area contributed by atoms with Gasteiger partial charge in [0.15, 0.2) is 0 Å². The van der Waals surface area contributed by atoms with E-state index in [1.165, 1.54) is 0 Å². The molecule has 1 atom stereocenters. The standard InChI is InChI=1S/C14H25N3O/c1-5-7-16-12(6-2)8-13-9-15-10-14(17-13)18-11(3)4/h9-12,16H,5-8H2,1-4H3. The predicted octanol–water partition coefficient (Wildman–Crippen LogP) is 2.58. The molecule has 18 heavy (non-hydrogen) atoms. The summed E-state index contributed by atoms with van der Waals surface area (Å²) in [5.74, 6) is 0.618. The van der Waals surface area contributed by atoms with E-state index in [9.17, 15) is 0 Å². The van der Waals surface area contributed by atoms with Crippen LogP contribution in [0.4, 0.5) is 0 Å². The van der Waals surface area contributed by atoms with Crippen LogP contribution in [0, 0.1) is 0 Å². The molecule has 0 aliphatic heterocycles. The Labute approximate surface area is 110 Å². The van der Waals surface area contributed by atoms with Crippen LogP contribution >= 0.6 is 0 Å². The van der Waals surface area contributed by atoms with Crippen molar-refractivity contribution in [2.45, 2.75) is 59.1 Å². The third kappa shape index (κ3) is 5.45. The number of rotatable bonds is 8. The fraction of sp³-hybridized carbons (Fsp3) is 0.714. The van der Waals surface area contributed by atoms with Gasteiger partial charge < -0.3 is 10.1 Å². The van der Waals surface area contributed by atoms with Gasteiger partial charge in [0.05, 0.1) is 18.0 Å². The van der Waals surface area contributed by atoms with Crippen molar-refractivity contribution in [3.63, 3.8) is 0 Å². The molecule has 0 fully saturated rings. The Morgan fingerprint density at radius 3 is 2.67 bits per heavy atom. The average molecular weight is 251 g/mol. The fourth-order valence-electron chi connectivity index (χ4n) is 1.74. The summed E-state index contributed by atoms with van der Waals surface area (Å²) >= 11 is 0. The summed E-state index contributed by atoms with van der Waals surface area (Å²) in [6.45, 7) is 9.40. The molecule has 1 N–H and O–H groups in total. The summed E-state index contributed by atoms with van der Waals surface area (Å²) < 4.78 is 5.56. The molecular weight excluding hydrogens is 226 g/mol. The minimum Gasteiger partial charge on any atom is -0.474 e. The average Bonchev–Trinajstić information content (AvgIpc) is 2.34. The molecule has 0 spiro atoms. The maximum atomic E-state index is 5.56. The maximum absolute atomic E-state index is 5.56. The molecule has 0 bridgehead atoms. The summed E-state index contributed by atoms with van der Waals surface area (Å²) in [6, 6.07) is 0.466. The van der Waals surface area contributed by atoms with Crippen molar-refractivity contribution in [2.24, 2.45) is 0 Å². The third-order valence-corrected chi connectivity index (χ3v) is 2.65. The van der Waals surface area contributed by atoms with Gasteiger partial charge in [0.1, 0.15) is 0 Å². The highest BCUT2D eigenvalue weighted by Gasteiger charge is 2.09. The van der Waals surface area contributed by atoms with E-state index in [0.717, 1.165) is 31.5 Å². The lowest BCUT2D eigenvalue weighted by Gasteiger charge is -2.16. The lowest BCUT2D eigenvalue weighted by atomic mass is 10.1. The molecule has 0 saturated carbocycles. The Morgan fingerprint density at radius 1 is 1.28 bits per heavy atom. The van der Waals surface area contributed by atoms with Crippen LogP contribution in [-0.4, -0.2) is 28.7 Å². The second-order valence-corrected chi connectivity index (χ2v) is 4.78. The van der Waals surface area contributed by atoms with E-state index in [-0.39, 0.29) is 6.10 Å². The lowest BCUT2D eigenvalue weighted by molar-refractivity contribution is 0.230. The van der Waals surface area contributed by atoms with Crippen molar-refractivity contribution in [3.8, 4) is 5.88 Å². The molecule has 102 valence electrons. The quantitative estimate of drug-likeness (QED) is 0.771. The van der Waals surface area contributed by atoms with Crippen LogP contribution in [0.25, 0.3) is 0 Å². The second-order valence-electron chi connectivity index (χ2n) is 4.78. The second kappa shape index (κ2) is 8.03. The van der Waals surface area contributed by atoms with Crippen molar-refractivity contribution in [1.82, 2.24) is 15.3 Å². The van der Waals surface area contributed by atoms with Crippen LogP contribution in [0.15, 0.2) is 12.4 Å². The van der Waals surface area contributed by atoms with Gasteiger partial charge >= 0.3 is 0 Å². The van der Waals surface area contributed by atoms with E-state index in [4.69, 9.17) is 4.74 Å². The van der Waals surface area contributed by atoms with Crippen molar-refractivity contribution in [3.05, 3.63) is 18.1 Å². The SMILES string of the molecule is CCCNC(CC)Cc1cncc(OC(C)C)n1. The van der Waals surface area contributed by atoms with E-state index >= 15 is 0 Å². The van der Waals surface area contributed by atoms with Gasteiger partial charge in [0.2, 0.25) is 5.88 Å². The Balaban J connectivity index is 2.59. The molecule has 0 aliphatic carbocycles. The number of hydrogen-bond acceptors (Lipinski definition) is 4. The van der Waals surface area contributed by atoms with Crippen LogP contribution < -0.4 is 10.1 Å². The van der Waals surface area contributed by atoms with Gasteiger partial charge in [-0.1, -0.05) is 13.8 Å². The van der Waals surface area contributed by atoms with Crippen molar-refractivity contribution >= 4 is 0 Å². The Hall–Kier alpha value is -1.16. The minimum atomic E-state index is 0.134. The first-order valence-electron chi connectivity index (χ1n) is 6.86. The molecule has 0 aromatic carbocycles. The largest absolute Gasteiger partial charge is 0.474 e. The van der Waals surface area contributed by atoms with E-state index in [2.05, 4.69) is 29.1 Å². The zero-order valence-electron chi connectivity index (χ0n) is 11.9. The van der Waals surface area contributed by atoms with Gasteiger partial charge in [-0.05, 0) is 33.2 Å². The van der Waals surface area contributed by atoms with Gasteiger partial charge in [-0.3, -0.25) is 4.98 Å². The molecule has 0 aliphatic rings. The van der Waals surface area contributed by atoms with E-state index in [1.54, 1.807) is 6.20 Å². The molecule has 0 radical (unpaired) electrons. The van der Waals surface area contributed by atoms with Gasteiger partial charge in [0.25, 0.3) is 0 Å². The topological polar surface area (TPSA) is 47.0 Å². The zero-order valence-corrected chi connectivity index (χ0v) is 11.9. The van der Waals surface area contributed by atoms with Crippen molar-refractivity contribution in [1.29, 1.82) is 0 Å². The van der Waals surface area contributed by atoms with Crippen molar-refractivity contribution in [2.75, 3.05) is 6.54 Å². The molecule has 0 saturated heterocycles. The summed E-state index contributed by atoms with van der Waals surface area (Å²) in [7, 11) is 0. The molecular formula is C14H25N3O. The van der Waals surface area contributed by atoms with Gasteiger partial charge in [-0.15, -0.1) is 0 Å². The first-order valence-corrected chi connectivity index (χ1v) is 6.86. The maximum Gasteiger partial charge on any atom is 0.232 e. The lowest BCUT2D eigenvalue weighted by Crippen LogP contribution is -2.31. The highest BCUT2D eigenvalue weighted by molar-refractivity contribution is 5.09. The van der Waals surface area contributed by atoms with Gasteiger partial charge in [-0.25, -0.2) is 4.98 Å². The number of ether oxygens (including phenoxy) is 1. The third-order valence-electron chi connectivity index (χ3n) is 2.65. The molecule has 4 nitrogen and oxygen atoms in total. The smallest absolute Gasteiger partial charge is 0.232 e. The fourth-order valence-corrected chi connectivity index (χ4v) is 1.74. The van der Waals surface area contributed by atoms with Crippen LogP contribution in [0.1, 0.15) is 46.2 Å². The van der Waals surface area contributed by atoms with E-state index < -0.39 is 0 Å². The summed E-state index contributed by atoms with van der Waals surface area (Å²) in [5, 5.41) is 3.52. The molecule has 4 heteroatoms. The van der Waals surface area contributed by atoms with Crippen LogP contribution in [0.3, 0.4) is 0 Å². The van der Waals surface area contributed by atoms with Gasteiger partial charge in [0, 0.05) is 18.7 Å². The molecule has 1 unspecified atom stereocenters. The Kier molecular flexibility index (Phi) is 6.65. The van der Waals surface area contributed by atoms with Crippen molar-refractivity contribution < 1.29 is 4.74 Å².